The van der Waals surface area contributed by atoms with Crippen LogP contribution in [0.4, 0.5) is 0 Å². The van der Waals surface area contributed by atoms with E-state index in [-0.39, 0.29) is 0 Å². The predicted molar refractivity (Wildman–Crippen MR) is 52.2 cm³/mol. The third-order valence-electron chi connectivity index (χ3n) is 2.28. The number of hydrogen-bond acceptors (Lipinski definition) is 1. The van der Waals surface area contributed by atoms with Gasteiger partial charge in [0.2, 0.25) is 0 Å². The van der Waals surface area contributed by atoms with Crippen LogP contribution in [0.25, 0.3) is 0 Å². The monoisotopic (exact) mass is 149 g/mol. The van der Waals surface area contributed by atoms with E-state index in [0.29, 0.717) is 11.9 Å². The zero-order chi connectivity index (χ0) is 8.59. The number of likely N-dealkylation sites (tertiary alicyclic amines) is 1. The maximum atomic E-state index is 4.05. The van der Waals surface area contributed by atoms with Crippen molar-refractivity contribution >= 4 is 7.85 Å². The molecule has 11 heavy (non-hydrogen) atoms. The minimum absolute atomic E-state index is 0.514. The average molecular weight is 149 g/mol. The van der Waals surface area contributed by atoms with Crippen LogP contribution in [0.2, 0.25) is 5.82 Å². The molecule has 1 saturated heterocycles. The molecule has 1 fully saturated rings. The highest BCUT2D eigenvalue weighted by Crippen LogP contribution is 2.37. The van der Waals surface area contributed by atoms with Gasteiger partial charge in [0, 0.05) is 17.4 Å². The molecule has 1 atom stereocenters. The Kier molecular flexibility index (Phi) is 2.12. The SMILES string of the molecule is BC1CC(=C)N(C(C)C)C1=C. The van der Waals surface area contributed by atoms with Crippen LogP contribution in [-0.4, -0.2) is 18.8 Å². The molecule has 0 aromatic carbocycles. The highest BCUT2D eigenvalue weighted by Gasteiger charge is 2.27. The van der Waals surface area contributed by atoms with Crippen molar-refractivity contribution in [3.05, 3.63) is 24.6 Å². The second kappa shape index (κ2) is 2.76. The fraction of sp³-hybridized carbons (Fsp3) is 0.556. The van der Waals surface area contributed by atoms with Crippen molar-refractivity contribution in [2.75, 3.05) is 0 Å². The molecular weight excluding hydrogens is 133 g/mol. The summed E-state index contributed by atoms with van der Waals surface area (Å²) in [5.74, 6) is 0.588. The summed E-state index contributed by atoms with van der Waals surface area (Å²) in [7, 11) is 2.20. The van der Waals surface area contributed by atoms with Crippen molar-refractivity contribution in [3.63, 3.8) is 0 Å². The van der Waals surface area contributed by atoms with Crippen molar-refractivity contribution in [1.29, 1.82) is 0 Å². The molecule has 0 bridgehead atoms. The standard InChI is InChI=1S/C9H16BN/c1-6(2)11-7(3)5-9(10)8(11)4/h6,9H,3-5,10H2,1-2H3. The van der Waals surface area contributed by atoms with Crippen LogP contribution < -0.4 is 0 Å². The van der Waals surface area contributed by atoms with Crippen molar-refractivity contribution in [3.8, 4) is 0 Å². The van der Waals surface area contributed by atoms with Crippen LogP contribution in [0.15, 0.2) is 24.6 Å². The van der Waals surface area contributed by atoms with Gasteiger partial charge < -0.3 is 4.90 Å². The van der Waals surface area contributed by atoms with E-state index in [1.165, 1.54) is 11.4 Å². The van der Waals surface area contributed by atoms with Crippen molar-refractivity contribution in [2.24, 2.45) is 0 Å². The van der Waals surface area contributed by atoms with E-state index in [9.17, 15) is 0 Å². The molecule has 60 valence electrons. The minimum Gasteiger partial charge on any atom is -0.348 e. The molecule has 2 heteroatoms. The Hall–Kier alpha value is -0.655. The lowest BCUT2D eigenvalue weighted by molar-refractivity contribution is 0.379. The molecule has 0 aromatic rings. The molecule has 0 aromatic heterocycles. The van der Waals surface area contributed by atoms with Gasteiger partial charge in [-0.1, -0.05) is 13.2 Å². The average Bonchev–Trinajstić information content (AvgIpc) is 2.07. The van der Waals surface area contributed by atoms with Gasteiger partial charge in [0.05, 0.1) is 0 Å². The Labute approximate surface area is 70.2 Å². The summed E-state index contributed by atoms with van der Waals surface area (Å²) in [6.45, 7) is 12.4. The first-order valence-electron chi connectivity index (χ1n) is 4.20. The van der Waals surface area contributed by atoms with Crippen LogP contribution in [0.3, 0.4) is 0 Å². The lowest BCUT2D eigenvalue weighted by Crippen LogP contribution is -2.23. The molecule has 0 N–H and O–H groups in total. The van der Waals surface area contributed by atoms with Crippen LogP contribution in [0.1, 0.15) is 20.3 Å². The molecule has 0 radical (unpaired) electrons. The molecule has 1 heterocycles. The largest absolute Gasteiger partial charge is 0.348 e. The predicted octanol–water partition coefficient (Wildman–Crippen LogP) is 1.55. The Morgan fingerprint density at radius 3 is 2.27 bits per heavy atom. The zero-order valence-corrected chi connectivity index (χ0v) is 7.72. The molecule has 0 spiro atoms. The van der Waals surface area contributed by atoms with E-state index in [1.807, 2.05) is 0 Å². The first kappa shape index (κ1) is 8.44. The molecule has 0 aliphatic carbocycles. The fourth-order valence-electron chi connectivity index (χ4n) is 1.71. The quantitative estimate of drug-likeness (QED) is 0.511. The third-order valence-corrected chi connectivity index (χ3v) is 2.28. The molecule has 0 amide bonds. The molecule has 1 aliphatic heterocycles. The first-order chi connectivity index (χ1) is 5.04. The highest BCUT2D eigenvalue weighted by molar-refractivity contribution is 6.14. The molecule has 1 unspecified atom stereocenters. The number of nitrogens with zero attached hydrogens (tertiary/aromatic N) is 1. The zero-order valence-electron chi connectivity index (χ0n) is 7.72. The third kappa shape index (κ3) is 1.35. The van der Waals surface area contributed by atoms with Gasteiger partial charge in [-0.05, 0) is 26.1 Å². The van der Waals surface area contributed by atoms with Crippen LogP contribution >= 0.6 is 0 Å². The van der Waals surface area contributed by atoms with Crippen LogP contribution in [0, 0.1) is 0 Å². The Balaban J connectivity index is 2.80. The van der Waals surface area contributed by atoms with E-state index in [2.05, 4.69) is 39.8 Å². The summed E-state index contributed by atoms with van der Waals surface area (Å²) in [5.41, 5.74) is 2.45. The fourth-order valence-corrected chi connectivity index (χ4v) is 1.71. The first-order valence-corrected chi connectivity index (χ1v) is 4.20. The molecule has 0 saturated carbocycles. The minimum atomic E-state index is 0.514. The van der Waals surface area contributed by atoms with E-state index >= 15 is 0 Å². The maximum Gasteiger partial charge on any atom is 0.113 e. The van der Waals surface area contributed by atoms with Gasteiger partial charge in [-0.15, -0.1) is 0 Å². The second-order valence-corrected chi connectivity index (χ2v) is 3.63. The number of rotatable bonds is 1. The summed E-state index contributed by atoms with van der Waals surface area (Å²) < 4.78 is 0. The van der Waals surface area contributed by atoms with E-state index in [1.54, 1.807) is 0 Å². The van der Waals surface area contributed by atoms with Crippen molar-refractivity contribution in [2.45, 2.75) is 32.1 Å². The Bertz CT molecular complexity index is 196. The highest BCUT2D eigenvalue weighted by atomic mass is 15.2. The summed E-state index contributed by atoms with van der Waals surface area (Å²) in [6.07, 6.45) is 1.08. The van der Waals surface area contributed by atoms with Crippen molar-refractivity contribution < 1.29 is 0 Å². The van der Waals surface area contributed by atoms with Gasteiger partial charge in [0.1, 0.15) is 7.85 Å². The van der Waals surface area contributed by atoms with Gasteiger partial charge in [0.15, 0.2) is 0 Å². The van der Waals surface area contributed by atoms with Gasteiger partial charge in [-0.2, -0.15) is 0 Å². The Morgan fingerprint density at radius 2 is 2.09 bits per heavy atom. The normalized spacial score (nSPS) is 25.4. The van der Waals surface area contributed by atoms with Gasteiger partial charge in [-0.3, -0.25) is 0 Å². The van der Waals surface area contributed by atoms with E-state index < -0.39 is 0 Å². The summed E-state index contributed by atoms with van der Waals surface area (Å²) in [6, 6.07) is 0.514. The smallest absolute Gasteiger partial charge is 0.113 e. The summed E-state index contributed by atoms with van der Waals surface area (Å²) >= 11 is 0. The van der Waals surface area contributed by atoms with Gasteiger partial charge >= 0.3 is 0 Å². The number of hydrogen-bond donors (Lipinski definition) is 0. The topological polar surface area (TPSA) is 3.24 Å². The van der Waals surface area contributed by atoms with Crippen LogP contribution in [-0.2, 0) is 0 Å². The summed E-state index contributed by atoms with van der Waals surface area (Å²) in [4.78, 5) is 2.24. The molecular formula is C9H16BN. The molecule has 1 rings (SSSR count). The van der Waals surface area contributed by atoms with Crippen LogP contribution in [0.5, 0.6) is 0 Å². The number of allylic oxidation sites excluding steroid dienone is 2. The summed E-state index contributed by atoms with van der Waals surface area (Å²) in [5, 5.41) is 0. The second-order valence-electron chi connectivity index (χ2n) is 3.63. The van der Waals surface area contributed by atoms with E-state index in [0.717, 1.165) is 6.42 Å². The lowest BCUT2D eigenvalue weighted by atomic mass is 9.84. The maximum absolute atomic E-state index is 4.05. The molecule has 1 nitrogen and oxygen atoms in total. The lowest BCUT2D eigenvalue weighted by Gasteiger charge is -2.25. The van der Waals surface area contributed by atoms with E-state index in [4.69, 9.17) is 0 Å². The van der Waals surface area contributed by atoms with Gasteiger partial charge in [0.25, 0.3) is 0 Å². The van der Waals surface area contributed by atoms with Crippen molar-refractivity contribution in [1.82, 2.24) is 4.90 Å². The Morgan fingerprint density at radius 1 is 1.55 bits per heavy atom. The molecule has 1 aliphatic rings. The van der Waals surface area contributed by atoms with Gasteiger partial charge in [-0.25, -0.2) is 0 Å².